The van der Waals surface area contributed by atoms with Crippen LogP contribution in [0.1, 0.15) is 17.0 Å². The molecule has 3 heteroatoms. The zero-order valence-corrected chi connectivity index (χ0v) is 8.33. The van der Waals surface area contributed by atoms with Crippen molar-refractivity contribution in [2.24, 2.45) is 0 Å². The smallest absolute Gasteiger partial charge is 0.0629 e. The van der Waals surface area contributed by atoms with Gasteiger partial charge in [-0.15, -0.1) is 0 Å². The highest BCUT2D eigenvalue weighted by Crippen LogP contribution is 2.16. The number of nitrogens with one attached hydrogen (secondary N) is 1. The number of allylic oxidation sites excluding steroid dienone is 1. The van der Waals surface area contributed by atoms with Gasteiger partial charge in [-0.1, -0.05) is 22.5 Å². The van der Waals surface area contributed by atoms with E-state index in [1.165, 1.54) is 5.56 Å². The van der Waals surface area contributed by atoms with Gasteiger partial charge in [-0.3, -0.25) is 5.10 Å². The topological polar surface area (TPSA) is 28.7 Å². The van der Waals surface area contributed by atoms with E-state index in [2.05, 4.69) is 32.7 Å². The van der Waals surface area contributed by atoms with Crippen LogP contribution in [-0.2, 0) is 6.42 Å². The summed E-state index contributed by atoms with van der Waals surface area (Å²) in [6, 6.07) is 0. The van der Waals surface area contributed by atoms with Crippen molar-refractivity contribution in [1.29, 1.82) is 0 Å². The van der Waals surface area contributed by atoms with E-state index in [4.69, 9.17) is 0 Å². The van der Waals surface area contributed by atoms with Gasteiger partial charge in [0.15, 0.2) is 0 Å². The van der Waals surface area contributed by atoms with Crippen molar-refractivity contribution in [1.82, 2.24) is 10.2 Å². The zero-order valence-electron chi connectivity index (χ0n) is 6.74. The summed E-state index contributed by atoms with van der Waals surface area (Å²) in [6.07, 6.45) is 0.855. The van der Waals surface area contributed by atoms with Crippen molar-refractivity contribution >= 4 is 15.9 Å². The average molecular weight is 215 g/mol. The minimum atomic E-state index is 0.855. The van der Waals surface area contributed by atoms with Gasteiger partial charge in [-0.25, -0.2) is 0 Å². The Morgan fingerprint density at radius 3 is 2.64 bits per heavy atom. The molecule has 11 heavy (non-hydrogen) atoms. The first kappa shape index (κ1) is 8.53. The molecule has 0 aliphatic heterocycles. The number of hydrogen-bond acceptors (Lipinski definition) is 1. The van der Waals surface area contributed by atoms with Crippen LogP contribution in [0.2, 0.25) is 0 Å². The van der Waals surface area contributed by atoms with Gasteiger partial charge in [0.1, 0.15) is 0 Å². The quantitative estimate of drug-likeness (QED) is 0.806. The normalized spacial score (nSPS) is 10.1. The van der Waals surface area contributed by atoms with E-state index in [9.17, 15) is 0 Å². The minimum absolute atomic E-state index is 0.855. The number of aromatic nitrogens is 2. The predicted octanol–water partition coefficient (Wildman–Crippen LogP) is 2.48. The highest BCUT2D eigenvalue weighted by molar-refractivity contribution is 9.11. The van der Waals surface area contributed by atoms with Gasteiger partial charge < -0.3 is 0 Å². The average Bonchev–Trinajstić information content (AvgIpc) is 2.18. The summed E-state index contributed by atoms with van der Waals surface area (Å²) in [5.41, 5.74) is 3.43. The number of aryl methyl sites for hydroxylation is 2. The third-order valence-electron chi connectivity index (χ3n) is 1.65. The molecule has 0 aromatic carbocycles. The summed E-state index contributed by atoms with van der Waals surface area (Å²) in [7, 11) is 0. The molecule has 1 aromatic rings. The summed E-state index contributed by atoms with van der Waals surface area (Å²) in [5, 5.41) is 7.01. The fraction of sp³-hybridized carbons (Fsp3) is 0.375. The van der Waals surface area contributed by atoms with E-state index >= 15 is 0 Å². The largest absolute Gasteiger partial charge is 0.282 e. The molecule has 0 amide bonds. The lowest BCUT2D eigenvalue weighted by Crippen LogP contribution is -1.87. The maximum absolute atomic E-state index is 4.08. The van der Waals surface area contributed by atoms with E-state index in [0.29, 0.717) is 0 Å². The SMILES string of the molecule is C=C(Br)Cc1c(C)n[nH]c1C. The second-order valence-electron chi connectivity index (χ2n) is 2.61. The molecule has 2 nitrogen and oxygen atoms in total. The molecule has 0 aliphatic rings. The van der Waals surface area contributed by atoms with Crippen LogP contribution in [0.5, 0.6) is 0 Å². The summed E-state index contributed by atoms with van der Waals surface area (Å²) in [4.78, 5) is 0. The standard InChI is InChI=1S/C8H11BrN2/c1-5(9)4-8-6(2)10-11-7(8)3/h1,4H2,2-3H3,(H,10,11). The van der Waals surface area contributed by atoms with Crippen LogP contribution < -0.4 is 0 Å². The fourth-order valence-electron chi connectivity index (χ4n) is 1.03. The van der Waals surface area contributed by atoms with Crippen molar-refractivity contribution in [3.63, 3.8) is 0 Å². The lowest BCUT2D eigenvalue weighted by Gasteiger charge is -1.97. The zero-order chi connectivity index (χ0) is 8.43. The fourth-order valence-corrected chi connectivity index (χ4v) is 1.31. The van der Waals surface area contributed by atoms with Gasteiger partial charge in [0.25, 0.3) is 0 Å². The first-order valence-electron chi connectivity index (χ1n) is 3.45. The Bertz CT molecular complexity index is 256. The molecule has 0 atom stereocenters. The predicted molar refractivity (Wildman–Crippen MR) is 49.8 cm³/mol. The Morgan fingerprint density at radius 1 is 1.64 bits per heavy atom. The molecule has 0 unspecified atom stereocenters. The molecule has 0 fully saturated rings. The monoisotopic (exact) mass is 214 g/mol. The maximum atomic E-state index is 4.08. The van der Waals surface area contributed by atoms with Crippen molar-refractivity contribution < 1.29 is 0 Å². The van der Waals surface area contributed by atoms with Gasteiger partial charge in [-0.2, -0.15) is 5.10 Å². The van der Waals surface area contributed by atoms with Crippen LogP contribution in [0.15, 0.2) is 11.1 Å². The van der Waals surface area contributed by atoms with Gasteiger partial charge in [-0.05, 0) is 18.3 Å². The summed E-state index contributed by atoms with van der Waals surface area (Å²) in [5.74, 6) is 0. The number of hydrogen-bond donors (Lipinski definition) is 1. The van der Waals surface area contributed by atoms with Gasteiger partial charge >= 0.3 is 0 Å². The molecule has 1 heterocycles. The van der Waals surface area contributed by atoms with Gasteiger partial charge in [0.05, 0.1) is 5.69 Å². The maximum Gasteiger partial charge on any atom is 0.0629 e. The highest BCUT2D eigenvalue weighted by atomic mass is 79.9. The first-order valence-corrected chi connectivity index (χ1v) is 4.24. The van der Waals surface area contributed by atoms with Crippen molar-refractivity contribution in [3.8, 4) is 0 Å². The second-order valence-corrected chi connectivity index (χ2v) is 3.73. The molecular weight excluding hydrogens is 204 g/mol. The summed E-state index contributed by atoms with van der Waals surface area (Å²) < 4.78 is 0.991. The van der Waals surface area contributed by atoms with Crippen LogP contribution in [0, 0.1) is 13.8 Å². The summed E-state index contributed by atoms with van der Waals surface area (Å²) >= 11 is 3.33. The Labute approximate surface area is 74.8 Å². The molecule has 0 saturated heterocycles. The third kappa shape index (κ3) is 1.93. The van der Waals surface area contributed by atoms with Crippen LogP contribution in [-0.4, -0.2) is 10.2 Å². The molecule has 0 spiro atoms. The van der Waals surface area contributed by atoms with Crippen molar-refractivity contribution in [2.45, 2.75) is 20.3 Å². The Balaban J connectivity index is 2.92. The third-order valence-corrected chi connectivity index (χ3v) is 1.93. The Hall–Kier alpha value is -0.570. The Morgan fingerprint density at radius 2 is 2.27 bits per heavy atom. The van der Waals surface area contributed by atoms with E-state index in [-0.39, 0.29) is 0 Å². The number of aromatic amines is 1. The van der Waals surface area contributed by atoms with E-state index in [1.807, 2.05) is 13.8 Å². The second kappa shape index (κ2) is 3.22. The van der Waals surface area contributed by atoms with Crippen LogP contribution in [0.4, 0.5) is 0 Å². The Kier molecular flexibility index (Phi) is 2.49. The first-order chi connectivity index (χ1) is 5.11. The molecule has 60 valence electrons. The van der Waals surface area contributed by atoms with E-state index in [0.717, 1.165) is 22.3 Å². The van der Waals surface area contributed by atoms with E-state index in [1.54, 1.807) is 0 Å². The van der Waals surface area contributed by atoms with Crippen molar-refractivity contribution in [2.75, 3.05) is 0 Å². The molecule has 1 N–H and O–H groups in total. The summed E-state index contributed by atoms with van der Waals surface area (Å²) in [6.45, 7) is 7.80. The lowest BCUT2D eigenvalue weighted by molar-refractivity contribution is 1.02. The highest BCUT2D eigenvalue weighted by Gasteiger charge is 2.05. The van der Waals surface area contributed by atoms with Crippen LogP contribution >= 0.6 is 15.9 Å². The number of nitrogens with zero attached hydrogens (tertiary/aromatic N) is 1. The van der Waals surface area contributed by atoms with Crippen molar-refractivity contribution in [3.05, 3.63) is 28.0 Å². The number of halogens is 1. The number of H-pyrrole nitrogens is 1. The molecule has 0 bridgehead atoms. The van der Waals surface area contributed by atoms with Crippen LogP contribution in [0.3, 0.4) is 0 Å². The van der Waals surface area contributed by atoms with E-state index < -0.39 is 0 Å². The van der Waals surface area contributed by atoms with Gasteiger partial charge in [0, 0.05) is 17.7 Å². The molecular formula is C8H11BrN2. The van der Waals surface area contributed by atoms with Crippen LogP contribution in [0.25, 0.3) is 0 Å². The molecule has 1 aromatic heterocycles. The molecule has 0 saturated carbocycles. The molecule has 1 rings (SSSR count). The lowest BCUT2D eigenvalue weighted by atomic mass is 10.1. The minimum Gasteiger partial charge on any atom is -0.282 e. The molecule has 0 aliphatic carbocycles. The van der Waals surface area contributed by atoms with Gasteiger partial charge in [0.2, 0.25) is 0 Å². The number of rotatable bonds is 2. The molecule has 0 radical (unpaired) electrons.